The second-order valence-electron chi connectivity index (χ2n) is 6.41. The molecule has 0 radical (unpaired) electrons. The van der Waals surface area contributed by atoms with Crippen molar-refractivity contribution in [2.45, 2.75) is 6.04 Å². The lowest BCUT2D eigenvalue weighted by molar-refractivity contribution is -0.119. The van der Waals surface area contributed by atoms with Crippen molar-refractivity contribution < 1.29 is 9.59 Å². The molecule has 158 valence electrons. The molecule has 3 aromatic carbocycles. The van der Waals surface area contributed by atoms with Crippen LogP contribution in [0, 0.1) is 0 Å². The van der Waals surface area contributed by atoms with Gasteiger partial charge in [0.2, 0.25) is 0 Å². The molecule has 0 spiro atoms. The van der Waals surface area contributed by atoms with Gasteiger partial charge in [0.15, 0.2) is 0 Å². The SMILES string of the molecule is NC(=NC(=O)C(NC(=O)c1ccc(Cl)c(Cl)c1)c1ccc(Cl)c(Cl)c1)c1ccccc1. The van der Waals surface area contributed by atoms with Crippen molar-refractivity contribution in [2.24, 2.45) is 10.7 Å². The highest BCUT2D eigenvalue weighted by Crippen LogP contribution is 2.27. The molecule has 5 nitrogen and oxygen atoms in total. The van der Waals surface area contributed by atoms with Crippen LogP contribution in [0.4, 0.5) is 0 Å². The van der Waals surface area contributed by atoms with E-state index >= 15 is 0 Å². The Kier molecular flexibility index (Phi) is 7.57. The molecule has 0 saturated heterocycles. The summed E-state index contributed by atoms with van der Waals surface area (Å²) in [6.45, 7) is 0. The van der Waals surface area contributed by atoms with Crippen molar-refractivity contribution in [3.05, 3.63) is 104 Å². The Labute approximate surface area is 198 Å². The van der Waals surface area contributed by atoms with Gasteiger partial charge in [-0.2, -0.15) is 4.99 Å². The lowest BCUT2D eigenvalue weighted by atomic mass is 10.1. The molecule has 0 aliphatic rings. The van der Waals surface area contributed by atoms with Gasteiger partial charge < -0.3 is 11.1 Å². The number of hydrogen-bond acceptors (Lipinski definition) is 2. The average Bonchev–Trinajstić information content (AvgIpc) is 2.76. The van der Waals surface area contributed by atoms with Gasteiger partial charge in [0.25, 0.3) is 11.8 Å². The predicted octanol–water partition coefficient (Wildman–Crippen LogP) is 5.70. The van der Waals surface area contributed by atoms with E-state index in [1.54, 1.807) is 30.3 Å². The van der Waals surface area contributed by atoms with Crippen LogP contribution in [0.25, 0.3) is 0 Å². The Morgan fingerprint density at radius 2 is 1.39 bits per heavy atom. The molecule has 0 aliphatic heterocycles. The number of hydrogen-bond donors (Lipinski definition) is 2. The summed E-state index contributed by atoms with van der Waals surface area (Å²) in [5, 5.41) is 3.68. The van der Waals surface area contributed by atoms with E-state index in [-0.39, 0.29) is 21.4 Å². The fourth-order valence-electron chi connectivity index (χ4n) is 2.69. The number of nitrogens with one attached hydrogen (secondary N) is 1. The molecule has 31 heavy (non-hydrogen) atoms. The maximum absolute atomic E-state index is 13.0. The molecule has 3 aromatic rings. The third-order valence-electron chi connectivity index (χ3n) is 4.28. The zero-order chi connectivity index (χ0) is 22.5. The number of amides is 2. The van der Waals surface area contributed by atoms with Gasteiger partial charge in [0, 0.05) is 11.1 Å². The van der Waals surface area contributed by atoms with E-state index in [4.69, 9.17) is 52.1 Å². The minimum absolute atomic E-state index is 0.0134. The number of carbonyl (C=O) groups is 2. The smallest absolute Gasteiger partial charge is 0.274 e. The highest BCUT2D eigenvalue weighted by molar-refractivity contribution is 6.42. The summed E-state index contributed by atoms with van der Waals surface area (Å²) in [4.78, 5) is 29.8. The van der Waals surface area contributed by atoms with Gasteiger partial charge in [-0.25, -0.2) is 0 Å². The molecule has 3 rings (SSSR count). The quantitative estimate of drug-likeness (QED) is 0.352. The topological polar surface area (TPSA) is 84.5 Å². The van der Waals surface area contributed by atoms with E-state index in [9.17, 15) is 9.59 Å². The lowest BCUT2D eigenvalue weighted by Gasteiger charge is -2.17. The van der Waals surface area contributed by atoms with Crippen LogP contribution >= 0.6 is 46.4 Å². The van der Waals surface area contributed by atoms with Gasteiger partial charge in [0.05, 0.1) is 20.1 Å². The van der Waals surface area contributed by atoms with Crippen LogP contribution in [0.5, 0.6) is 0 Å². The Morgan fingerprint density at radius 3 is 2.00 bits per heavy atom. The molecule has 0 saturated carbocycles. The third-order valence-corrected chi connectivity index (χ3v) is 5.76. The molecule has 1 atom stereocenters. The predicted molar refractivity (Wildman–Crippen MR) is 125 cm³/mol. The summed E-state index contributed by atoms with van der Waals surface area (Å²) in [6, 6.07) is 16.6. The Bertz CT molecular complexity index is 1170. The number of rotatable bonds is 5. The molecule has 0 aromatic heterocycles. The standard InChI is InChI=1S/C22H15Cl4N3O2/c23-15-8-6-13(10-17(15)25)19(22(31)29-20(27)12-4-2-1-3-5-12)28-21(30)14-7-9-16(24)18(26)11-14/h1-11,19H,(H,28,30)(H2,27,29,31). The maximum atomic E-state index is 13.0. The number of aliphatic imine (C=N–C) groups is 1. The average molecular weight is 495 g/mol. The zero-order valence-electron chi connectivity index (χ0n) is 15.8. The first-order chi connectivity index (χ1) is 14.8. The van der Waals surface area contributed by atoms with E-state index in [1.807, 2.05) is 6.07 Å². The highest BCUT2D eigenvalue weighted by Gasteiger charge is 2.25. The molecule has 3 N–H and O–H groups in total. The fourth-order valence-corrected chi connectivity index (χ4v) is 3.29. The van der Waals surface area contributed by atoms with Crippen LogP contribution in [-0.4, -0.2) is 17.6 Å². The summed E-state index contributed by atoms with van der Waals surface area (Å²) in [6.07, 6.45) is 0. The monoisotopic (exact) mass is 493 g/mol. The van der Waals surface area contributed by atoms with E-state index in [2.05, 4.69) is 10.3 Å². The van der Waals surface area contributed by atoms with Crippen LogP contribution in [0.2, 0.25) is 20.1 Å². The molecule has 1 unspecified atom stereocenters. The van der Waals surface area contributed by atoms with E-state index < -0.39 is 17.9 Å². The second kappa shape index (κ2) is 10.2. The lowest BCUT2D eigenvalue weighted by Crippen LogP contribution is -2.34. The molecule has 0 heterocycles. The van der Waals surface area contributed by atoms with Crippen LogP contribution in [-0.2, 0) is 4.79 Å². The minimum atomic E-state index is -1.17. The molecule has 0 fully saturated rings. The summed E-state index contributed by atoms with van der Waals surface area (Å²) in [5.41, 5.74) is 7.15. The molecule has 0 bridgehead atoms. The van der Waals surface area contributed by atoms with Crippen molar-refractivity contribution in [1.29, 1.82) is 0 Å². The van der Waals surface area contributed by atoms with Gasteiger partial charge in [-0.1, -0.05) is 82.8 Å². The van der Waals surface area contributed by atoms with Crippen LogP contribution < -0.4 is 11.1 Å². The highest BCUT2D eigenvalue weighted by atomic mass is 35.5. The molecule has 2 amide bonds. The first-order valence-corrected chi connectivity index (χ1v) is 10.4. The number of halogens is 4. The van der Waals surface area contributed by atoms with Crippen molar-refractivity contribution in [1.82, 2.24) is 5.32 Å². The molecule has 9 heteroatoms. The first-order valence-electron chi connectivity index (χ1n) is 8.90. The van der Waals surface area contributed by atoms with Crippen LogP contribution in [0.15, 0.2) is 71.7 Å². The van der Waals surface area contributed by atoms with Crippen molar-refractivity contribution >= 4 is 64.1 Å². The Balaban J connectivity index is 1.96. The van der Waals surface area contributed by atoms with E-state index in [0.717, 1.165) is 0 Å². The first kappa shape index (κ1) is 23.1. The summed E-state index contributed by atoms with van der Waals surface area (Å²) >= 11 is 24.0. The largest absolute Gasteiger partial charge is 0.383 e. The summed E-state index contributed by atoms with van der Waals surface area (Å²) in [5.74, 6) is -1.23. The fraction of sp³-hybridized carbons (Fsp3) is 0.0455. The maximum Gasteiger partial charge on any atom is 0.274 e. The van der Waals surface area contributed by atoms with Gasteiger partial charge in [0.1, 0.15) is 11.9 Å². The molecular weight excluding hydrogens is 480 g/mol. The second-order valence-corrected chi connectivity index (χ2v) is 8.04. The Hall–Kier alpha value is -2.57. The van der Waals surface area contributed by atoms with Crippen LogP contribution in [0.1, 0.15) is 27.5 Å². The van der Waals surface area contributed by atoms with Gasteiger partial charge in [-0.05, 0) is 35.9 Å². The summed E-state index contributed by atoms with van der Waals surface area (Å²) < 4.78 is 0. The summed E-state index contributed by atoms with van der Waals surface area (Å²) in [7, 11) is 0. The van der Waals surface area contributed by atoms with Gasteiger partial charge in [-0.15, -0.1) is 0 Å². The van der Waals surface area contributed by atoms with Crippen molar-refractivity contribution in [3.8, 4) is 0 Å². The van der Waals surface area contributed by atoms with Crippen LogP contribution in [0.3, 0.4) is 0 Å². The number of nitrogens with zero attached hydrogens (tertiary/aromatic N) is 1. The molecule has 0 aliphatic carbocycles. The Morgan fingerprint density at radius 1 is 0.774 bits per heavy atom. The third kappa shape index (κ3) is 5.77. The number of amidine groups is 1. The van der Waals surface area contributed by atoms with E-state index in [1.165, 1.54) is 30.3 Å². The normalized spacial score (nSPS) is 12.3. The van der Waals surface area contributed by atoms with Gasteiger partial charge >= 0.3 is 0 Å². The molecular formula is C22H15Cl4N3O2. The number of benzene rings is 3. The minimum Gasteiger partial charge on any atom is -0.383 e. The zero-order valence-corrected chi connectivity index (χ0v) is 18.8. The number of carbonyl (C=O) groups excluding carboxylic acids is 2. The number of nitrogens with two attached hydrogens (primary N) is 1. The van der Waals surface area contributed by atoms with Gasteiger partial charge in [-0.3, -0.25) is 9.59 Å². The van der Waals surface area contributed by atoms with Crippen molar-refractivity contribution in [2.75, 3.05) is 0 Å². The van der Waals surface area contributed by atoms with E-state index in [0.29, 0.717) is 21.2 Å². The van der Waals surface area contributed by atoms with Crippen molar-refractivity contribution in [3.63, 3.8) is 0 Å².